The maximum atomic E-state index is 2.54. The van der Waals surface area contributed by atoms with Crippen molar-refractivity contribution in [3.63, 3.8) is 0 Å². The molecule has 2 aromatic carbocycles. The third-order valence-electron chi connectivity index (χ3n) is 6.36. The molecule has 0 N–H and O–H groups in total. The molecular weight excluding hydrogens is 254 g/mol. The van der Waals surface area contributed by atoms with Crippen molar-refractivity contribution < 1.29 is 0 Å². The number of hydrogen-bond acceptors (Lipinski definition) is 1. The SMILES string of the molecule is C[C@@H]1Cc2c(c3c(c4ccccc24)[C@H](C)[C@H](C)N3C)[C@@H]1C. The van der Waals surface area contributed by atoms with E-state index < -0.39 is 0 Å². The van der Waals surface area contributed by atoms with Gasteiger partial charge in [0.1, 0.15) is 0 Å². The molecule has 0 saturated carbocycles. The Balaban J connectivity index is 2.17. The van der Waals surface area contributed by atoms with Crippen LogP contribution in [0, 0.1) is 5.92 Å². The molecule has 2 aromatic rings. The van der Waals surface area contributed by atoms with Gasteiger partial charge in [-0.3, -0.25) is 0 Å². The molecule has 1 nitrogen and oxygen atoms in total. The van der Waals surface area contributed by atoms with Crippen LogP contribution >= 0.6 is 0 Å². The lowest BCUT2D eigenvalue weighted by atomic mass is 9.87. The number of rotatable bonds is 0. The Hall–Kier alpha value is -1.50. The number of nitrogens with zero attached hydrogens (tertiary/aromatic N) is 1. The van der Waals surface area contributed by atoms with Gasteiger partial charge in [-0.25, -0.2) is 0 Å². The normalized spacial score (nSPS) is 30.8. The first kappa shape index (κ1) is 13.2. The van der Waals surface area contributed by atoms with Crippen LogP contribution in [0.25, 0.3) is 10.8 Å². The Bertz CT molecular complexity index is 730. The molecule has 0 radical (unpaired) electrons. The van der Waals surface area contributed by atoms with Crippen LogP contribution in [0.3, 0.4) is 0 Å². The van der Waals surface area contributed by atoms with E-state index in [1.54, 1.807) is 22.4 Å². The van der Waals surface area contributed by atoms with Gasteiger partial charge >= 0.3 is 0 Å². The van der Waals surface area contributed by atoms with Gasteiger partial charge in [-0.15, -0.1) is 0 Å². The third-order valence-corrected chi connectivity index (χ3v) is 6.36. The molecule has 0 unspecified atom stereocenters. The monoisotopic (exact) mass is 279 g/mol. The van der Waals surface area contributed by atoms with E-state index in [2.05, 4.69) is 63.9 Å². The first-order chi connectivity index (χ1) is 10.0. The maximum absolute atomic E-state index is 2.54. The second kappa shape index (κ2) is 4.25. The second-order valence-electron chi connectivity index (χ2n) is 7.31. The van der Waals surface area contributed by atoms with Crippen LogP contribution in [-0.2, 0) is 6.42 Å². The van der Waals surface area contributed by atoms with Crippen molar-refractivity contribution in [1.29, 1.82) is 0 Å². The van der Waals surface area contributed by atoms with Gasteiger partial charge in [0.25, 0.3) is 0 Å². The summed E-state index contributed by atoms with van der Waals surface area (Å²) < 4.78 is 0. The quantitative estimate of drug-likeness (QED) is 0.650. The molecule has 4 rings (SSSR count). The molecule has 0 saturated heterocycles. The fourth-order valence-corrected chi connectivity index (χ4v) is 4.66. The summed E-state index contributed by atoms with van der Waals surface area (Å²) >= 11 is 0. The van der Waals surface area contributed by atoms with Gasteiger partial charge in [-0.1, -0.05) is 45.0 Å². The third kappa shape index (κ3) is 1.52. The Morgan fingerprint density at radius 3 is 2.29 bits per heavy atom. The number of fused-ring (bicyclic) bond motifs is 6. The van der Waals surface area contributed by atoms with Gasteiger partial charge in [0.05, 0.1) is 0 Å². The predicted octanol–water partition coefficient (Wildman–Crippen LogP) is 5.08. The number of benzene rings is 2. The topological polar surface area (TPSA) is 3.24 Å². The molecule has 1 aliphatic carbocycles. The van der Waals surface area contributed by atoms with E-state index >= 15 is 0 Å². The zero-order chi connectivity index (χ0) is 14.9. The van der Waals surface area contributed by atoms with E-state index in [0.29, 0.717) is 17.9 Å². The molecule has 21 heavy (non-hydrogen) atoms. The molecule has 110 valence electrons. The molecule has 0 fully saturated rings. The highest BCUT2D eigenvalue weighted by molar-refractivity contribution is 5.97. The van der Waals surface area contributed by atoms with Gasteiger partial charge in [0.15, 0.2) is 0 Å². The summed E-state index contributed by atoms with van der Waals surface area (Å²) in [4.78, 5) is 2.54. The average Bonchev–Trinajstić information content (AvgIpc) is 2.90. The lowest BCUT2D eigenvalue weighted by molar-refractivity contribution is 0.532. The fourth-order valence-electron chi connectivity index (χ4n) is 4.66. The number of likely N-dealkylation sites (N-methyl/N-ethyl adjacent to an activating group) is 1. The largest absolute Gasteiger partial charge is 0.371 e. The van der Waals surface area contributed by atoms with Crippen molar-refractivity contribution in [1.82, 2.24) is 0 Å². The second-order valence-corrected chi connectivity index (χ2v) is 7.31. The number of hydrogen-bond donors (Lipinski definition) is 0. The molecule has 1 aliphatic heterocycles. The lowest BCUT2D eigenvalue weighted by Crippen LogP contribution is -2.26. The first-order valence-corrected chi connectivity index (χ1v) is 8.32. The van der Waals surface area contributed by atoms with Gasteiger partial charge in [-0.05, 0) is 52.6 Å². The van der Waals surface area contributed by atoms with Crippen LogP contribution in [-0.4, -0.2) is 13.1 Å². The summed E-state index contributed by atoms with van der Waals surface area (Å²) in [6.07, 6.45) is 1.24. The van der Waals surface area contributed by atoms with Gasteiger partial charge in [-0.2, -0.15) is 0 Å². The highest BCUT2D eigenvalue weighted by atomic mass is 15.2. The molecule has 0 amide bonds. The van der Waals surface area contributed by atoms with E-state index in [0.717, 1.165) is 5.92 Å². The minimum atomic E-state index is 0.595. The molecule has 2 aliphatic rings. The lowest BCUT2D eigenvalue weighted by Gasteiger charge is -2.24. The Labute approximate surface area is 128 Å². The zero-order valence-corrected chi connectivity index (χ0v) is 13.8. The van der Waals surface area contributed by atoms with Gasteiger partial charge < -0.3 is 4.90 Å². The van der Waals surface area contributed by atoms with Crippen molar-refractivity contribution >= 4 is 16.5 Å². The zero-order valence-electron chi connectivity index (χ0n) is 13.8. The van der Waals surface area contributed by atoms with Crippen LogP contribution in [0.15, 0.2) is 24.3 Å². The summed E-state index contributed by atoms with van der Waals surface area (Å²) in [5.74, 6) is 2.05. The Kier molecular flexibility index (Phi) is 2.67. The van der Waals surface area contributed by atoms with Crippen LogP contribution in [0.2, 0.25) is 0 Å². The molecular formula is C20H25N. The molecule has 0 spiro atoms. The van der Waals surface area contributed by atoms with E-state index in [-0.39, 0.29) is 0 Å². The van der Waals surface area contributed by atoms with Crippen molar-refractivity contribution in [3.05, 3.63) is 41.0 Å². The Morgan fingerprint density at radius 1 is 0.905 bits per heavy atom. The van der Waals surface area contributed by atoms with Gasteiger partial charge in [0.2, 0.25) is 0 Å². The van der Waals surface area contributed by atoms with Crippen molar-refractivity contribution in [3.8, 4) is 0 Å². The fraction of sp³-hybridized carbons (Fsp3) is 0.500. The van der Waals surface area contributed by atoms with E-state index in [1.807, 2.05) is 0 Å². The summed E-state index contributed by atoms with van der Waals surface area (Å²) in [7, 11) is 2.29. The van der Waals surface area contributed by atoms with Crippen molar-refractivity contribution in [2.75, 3.05) is 11.9 Å². The summed E-state index contributed by atoms with van der Waals surface area (Å²) in [5.41, 5.74) is 6.42. The highest BCUT2D eigenvalue weighted by Crippen LogP contribution is 2.54. The summed E-state index contributed by atoms with van der Waals surface area (Å²) in [6, 6.07) is 9.68. The van der Waals surface area contributed by atoms with E-state index in [9.17, 15) is 0 Å². The standard InChI is InChI=1S/C20H25N/c1-11-10-17-15-8-6-7-9-16(15)19-13(3)14(4)21(5)20(19)18(17)12(11)2/h6-9,11-14H,10H2,1-5H3/t11-,12-,13-,14+/m1/s1. The summed E-state index contributed by atoms with van der Waals surface area (Å²) in [6.45, 7) is 9.60. The van der Waals surface area contributed by atoms with Crippen LogP contribution < -0.4 is 4.90 Å². The predicted molar refractivity (Wildman–Crippen MR) is 91.5 cm³/mol. The highest BCUT2D eigenvalue weighted by Gasteiger charge is 2.40. The number of anilines is 1. The maximum Gasteiger partial charge on any atom is 0.0446 e. The molecule has 1 heteroatoms. The molecule has 4 atom stereocenters. The van der Waals surface area contributed by atoms with Gasteiger partial charge in [0, 0.05) is 24.7 Å². The molecule has 0 aromatic heterocycles. The van der Waals surface area contributed by atoms with E-state index in [1.165, 1.54) is 17.2 Å². The van der Waals surface area contributed by atoms with Crippen LogP contribution in [0.5, 0.6) is 0 Å². The minimum Gasteiger partial charge on any atom is -0.371 e. The minimum absolute atomic E-state index is 0.595. The first-order valence-electron chi connectivity index (χ1n) is 8.32. The van der Waals surface area contributed by atoms with E-state index in [4.69, 9.17) is 0 Å². The van der Waals surface area contributed by atoms with Crippen LogP contribution in [0.1, 0.15) is 56.2 Å². The Morgan fingerprint density at radius 2 is 1.57 bits per heavy atom. The smallest absolute Gasteiger partial charge is 0.0446 e. The summed E-state index contributed by atoms with van der Waals surface area (Å²) in [5, 5.41) is 3.01. The molecule has 1 heterocycles. The van der Waals surface area contributed by atoms with Crippen molar-refractivity contribution in [2.45, 2.75) is 52.0 Å². The van der Waals surface area contributed by atoms with Crippen molar-refractivity contribution in [2.24, 2.45) is 5.92 Å². The molecule has 0 bridgehead atoms. The average molecular weight is 279 g/mol. The van der Waals surface area contributed by atoms with Crippen LogP contribution in [0.4, 0.5) is 5.69 Å².